The van der Waals surface area contributed by atoms with Crippen molar-refractivity contribution in [1.82, 2.24) is 0 Å². The molecule has 6 rings (SSSR count). The fourth-order valence-electron chi connectivity index (χ4n) is 5.97. The lowest BCUT2D eigenvalue weighted by molar-refractivity contribution is 0.854. The summed E-state index contributed by atoms with van der Waals surface area (Å²) in [5.74, 6) is 0.813. The van der Waals surface area contributed by atoms with Gasteiger partial charge in [0.1, 0.15) is 0 Å². The van der Waals surface area contributed by atoms with E-state index in [0.29, 0.717) is 11.8 Å². The Morgan fingerprint density at radius 1 is 0.318 bits per heavy atom. The van der Waals surface area contributed by atoms with Crippen LogP contribution in [0.3, 0.4) is 0 Å². The first-order valence-corrected chi connectivity index (χ1v) is 15.6. The highest BCUT2D eigenvalue weighted by atomic mass is 15.2. The number of hydrogen-bond donors (Lipinski definition) is 0. The van der Waals surface area contributed by atoms with Crippen molar-refractivity contribution in [1.29, 1.82) is 0 Å². The highest BCUT2D eigenvalue weighted by Crippen LogP contribution is 2.43. The lowest BCUT2D eigenvalue weighted by Crippen LogP contribution is -2.15. The second kappa shape index (κ2) is 13.1. The molecule has 6 aromatic carbocycles. The van der Waals surface area contributed by atoms with Gasteiger partial charge < -0.3 is 9.80 Å². The second-order valence-electron chi connectivity index (χ2n) is 11.9. The molecule has 0 bridgehead atoms. The molecule has 0 unspecified atom stereocenters. The molecule has 0 N–H and O–H groups in total. The van der Waals surface area contributed by atoms with Crippen molar-refractivity contribution in [2.45, 2.75) is 39.5 Å². The summed E-state index contributed by atoms with van der Waals surface area (Å²) in [4.78, 5) is 4.73. The molecule has 0 aliphatic rings. The molecule has 0 fully saturated rings. The third-order valence-corrected chi connectivity index (χ3v) is 8.21. The first-order valence-electron chi connectivity index (χ1n) is 15.6. The zero-order chi connectivity index (χ0) is 30.5. The highest BCUT2D eigenvalue weighted by Gasteiger charge is 2.21. The summed E-state index contributed by atoms with van der Waals surface area (Å²) >= 11 is 0. The fourth-order valence-corrected chi connectivity index (χ4v) is 5.97. The van der Waals surface area contributed by atoms with Gasteiger partial charge in [0.05, 0.1) is 0 Å². The third kappa shape index (κ3) is 6.02. The lowest BCUT2D eigenvalue weighted by Gasteiger charge is -2.31. The molecule has 0 radical (unpaired) electrons. The smallest absolute Gasteiger partial charge is 0.0496 e. The summed E-state index contributed by atoms with van der Waals surface area (Å²) in [6.45, 7) is 9.09. The van der Waals surface area contributed by atoms with Crippen LogP contribution in [0.1, 0.15) is 50.7 Å². The molecular weight excluding hydrogens is 532 g/mol. The van der Waals surface area contributed by atoms with Crippen LogP contribution in [0.2, 0.25) is 0 Å². The predicted octanol–water partition coefficient (Wildman–Crippen LogP) is 12.5. The van der Waals surface area contributed by atoms with Crippen molar-refractivity contribution >= 4 is 34.1 Å². The molecule has 0 saturated carbocycles. The van der Waals surface area contributed by atoms with Crippen LogP contribution < -0.4 is 9.80 Å². The molecule has 0 saturated heterocycles. The molecule has 0 aromatic heterocycles. The van der Waals surface area contributed by atoms with Gasteiger partial charge in [-0.3, -0.25) is 0 Å². The van der Waals surface area contributed by atoms with Crippen molar-refractivity contribution < 1.29 is 0 Å². The number of para-hydroxylation sites is 4. The minimum atomic E-state index is 0.407. The van der Waals surface area contributed by atoms with Crippen molar-refractivity contribution in [2.24, 2.45) is 0 Å². The maximum absolute atomic E-state index is 2.44. The average molecular weight is 573 g/mol. The van der Waals surface area contributed by atoms with Gasteiger partial charge in [0, 0.05) is 34.1 Å². The van der Waals surface area contributed by atoms with Crippen LogP contribution >= 0.6 is 0 Å². The summed E-state index contributed by atoms with van der Waals surface area (Å²) in [5.41, 5.74) is 12.1. The van der Waals surface area contributed by atoms with Gasteiger partial charge in [0.15, 0.2) is 0 Å². The van der Waals surface area contributed by atoms with Crippen molar-refractivity contribution in [3.63, 3.8) is 0 Å². The van der Waals surface area contributed by atoms with Crippen LogP contribution in [0.5, 0.6) is 0 Å². The van der Waals surface area contributed by atoms with Crippen LogP contribution in [0.25, 0.3) is 11.1 Å². The Labute approximate surface area is 262 Å². The standard InChI is InChI=1S/C42H40N2/c1-31(2)39-19-11-13-21-41(39)44(42-22-14-12-20-40(42)32(3)4)38-29-25-34(26-30-38)33-23-27-37(28-24-33)43(35-15-7-5-8-16-35)36-17-9-6-10-18-36/h5-32H,1-4H3. The van der Waals surface area contributed by atoms with Crippen molar-refractivity contribution in [2.75, 3.05) is 9.80 Å². The first-order chi connectivity index (χ1) is 21.5. The summed E-state index contributed by atoms with van der Waals surface area (Å²) in [6.07, 6.45) is 0. The Morgan fingerprint density at radius 2 is 0.636 bits per heavy atom. The number of rotatable bonds is 9. The summed E-state index contributed by atoms with van der Waals surface area (Å²) < 4.78 is 0. The van der Waals surface area contributed by atoms with E-state index in [1.807, 2.05) is 0 Å². The van der Waals surface area contributed by atoms with Gasteiger partial charge in [-0.2, -0.15) is 0 Å². The first kappa shape index (κ1) is 29.0. The molecule has 2 heteroatoms. The van der Waals surface area contributed by atoms with E-state index >= 15 is 0 Å². The van der Waals surface area contributed by atoms with E-state index < -0.39 is 0 Å². The Morgan fingerprint density at radius 3 is 1.02 bits per heavy atom. The number of hydrogen-bond acceptors (Lipinski definition) is 2. The zero-order valence-electron chi connectivity index (χ0n) is 26.1. The average Bonchev–Trinajstić information content (AvgIpc) is 3.07. The molecule has 6 aromatic rings. The number of nitrogens with zero attached hydrogens (tertiary/aromatic N) is 2. The normalized spacial score (nSPS) is 11.1. The van der Waals surface area contributed by atoms with Gasteiger partial charge >= 0.3 is 0 Å². The van der Waals surface area contributed by atoms with Crippen LogP contribution in [0.4, 0.5) is 34.1 Å². The molecule has 0 spiro atoms. The van der Waals surface area contributed by atoms with E-state index in [9.17, 15) is 0 Å². The minimum Gasteiger partial charge on any atom is -0.311 e. The number of benzene rings is 6. The minimum absolute atomic E-state index is 0.407. The van der Waals surface area contributed by atoms with Crippen molar-refractivity contribution in [3.8, 4) is 11.1 Å². The second-order valence-corrected chi connectivity index (χ2v) is 11.9. The van der Waals surface area contributed by atoms with Gasteiger partial charge in [0.25, 0.3) is 0 Å². The molecule has 0 aliphatic carbocycles. The maximum Gasteiger partial charge on any atom is 0.0496 e. The van der Waals surface area contributed by atoms with Gasteiger partial charge in [-0.05, 0) is 94.8 Å². The number of anilines is 6. The highest BCUT2D eigenvalue weighted by molar-refractivity contribution is 5.83. The molecule has 44 heavy (non-hydrogen) atoms. The van der Waals surface area contributed by atoms with Gasteiger partial charge in [0.2, 0.25) is 0 Å². The fraction of sp³-hybridized carbons (Fsp3) is 0.143. The van der Waals surface area contributed by atoms with E-state index in [1.54, 1.807) is 0 Å². The van der Waals surface area contributed by atoms with Crippen LogP contribution in [0.15, 0.2) is 158 Å². The molecule has 0 heterocycles. The quantitative estimate of drug-likeness (QED) is 0.170. The third-order valence-electron chi connectivity index (χ3n) is 8.21. The monoisotopic (exact) mass is 572 g/mol. The van der Waals surface area contributed by atoms with Crippen LogP contribution in [0, 0.1) is 0 Å². The summed E-state index contributed by atoms with van der Waals surface area (Å²) in [7, 11) is 0. The Kier molecular flexibility index (Phi) is 8.61. The topological polar surface area (TPSA) is 6.48 Å². The maximum atomic E-state index is 2.44. The molecule has 218 valence electrons. The molecule has 0 aliphatic heterocycles. The van der Waals surface area contributed by atoms with Crippen LogP contribution in [-0.4, -0.2) is 0 Å². The molecule has 0 amide bonds. The van der Waals surface area contributed by atoms with E-state index in [1.165, 1.54) is 33.6 Å². The molecular formula is C42H40N2. The molecule has 2 nitrogen and oxygen atoms in total. The van der Waals surface area contributed by atoms with Crippen molar-refractivity contribution in [3.05, 3.63) is 169 Å². The Bertz CT molecular complexity index is 1700. The van der Waals surface area contributed by atoms with E-state index in [4.69, 9.17) is 0 Å². The lowest BCUT2D eigenvalue weighted by atomic mass is 9.96. The summed E-state index contributed by atoms with van der Waals surface area (Å²) in [5, 5.41) is 0. The summed E-state index contributed by atoms with van der Waals surface area (Å²) in [6, 6.07) is 56.6. The van der Waals surface area contributed by atoms with Gasteiger partial charge in [-0.15, -0.1) is 0 Å². The van der Waals surface area contributed by atoms with Crippen LogP contribution in [-0.2, 0) is 0 Å². The van der Waals surface area contributed by atoms with E-state index in [0.717, 1.165) is 22.7 Å². The Balaban J connectivity index is 1.37. The SMILES string of the molecule is CC(C)c1ccccc1N(c1ccc(-c2ccc(N(c3ccccc3)c3ccccc3)cc2)cc1)c1ccccc1C(C)C. The zero-order valence-corrected chi connectivity index (χ0v) is 26.1. The molecule has 0 atom stereocenters. The predicted molar refractivity (Wildman–Crippen MR) is 189 cm³/mol. The van der Waals surface area contributed by atoms with E-state index in [2.05, 4.69) is 195 Å². The Hall–Kier alpha value is -5.08. The van der Waals surface area contributed by atoms with E-state index in [-0.39, 0.29) is 0 Å². The van der Waals surface area contributed by atoms with Gasteiger partial charge in [-0.25, -0.2) is 0 Å². The van der Waals surface area contributed by atoms with Gasteiger partial charge in [-0.1, -0.05) is 125 Å². The largest absolute Gasteiger partial charge is 0.311 e.